The minimum Gasteiger partial charge on any atom is -0.324 e. The maximum Gasteiger partial charge on any atom is 0.325 e. The fraction of sp³-hybridized carbons (Fsp3) is 0.316. The van der Waals surface area contributed by atoms with Gasteiger partial charge in [0.05, 0.1) is 11.6 Å². The molecule has 142 valence electrons. The second kappa shape index (κ2) is 6.49. The average molecular weight is 392 g/mol. The third-order valence-electron chi connectivity index (χ3n) is 4.64. The van der Waals surface area contributed by atoms with Gasteiger partial charge < -0.3 is 9.88 Å². The van der Waals surface area contributed by atoms with Crippen molar-refractivity contribution in [1.82, 2.24) is 14.8 Å². The molecule has 0 atom stereocenters. The molecule has 0 saturated carbocycles. The van der Waals surface area contributed by atoms with Gasteiger partial charge in [0.2, 0.25) is 0 Å². The molecule has 3 rings (SSSR count). The van der Waals surface area contributed by atoms with E-state index in [-0.39, 0.29) is 17.4 Å². The van der Waals surface area contributed by atoms with Gasteiger partial charge in [-0.1, -0.05) is 11.6 Å². The standard InChI is InChI=1S/C19H19ClFN3O3/c1-10-7-13(11(2)24(10)12-5-6-15(21)14(20)8-12)16(25)9-23-17(26)19(3,4)22-18(23)27/h5-8H,9H2,1-4H3,(H,22,27). The minimum absolute atomic E-state index is 0.0190. The molecule has 2 aromatic rings. The molecule has 1 aromatic carbocycles. The summed E-state index contributed by atoms with van der Waals surface area (Å²) in [5.74, 6) is -1.33. The number of amides is 3. The molecule has 1 N–H and O–H groups in total. The first-order valence-corrected chi connectivity index (χ1v) is 8.72. The third kappa shape index (κ3) is 3.23. The molecule has 0 radical (unpaired) electrons. The van der Waals surface area contributed by atoms with E-state index in [0.717, 1.165) is 10.6 Å². The summed E-state index contributed by atoms with van der Waals surface area (Å²) in [6.45, 7) is 6.37. The lowest BCUT2D eigenvalue weighted by atomic mass is 10.1. The summed E-state index contributed by atoms with van der Waals surface area (Å²) in [7, 11) is 0. The number of hydrogen-bond acceptors (Lipinski definition) is 3. The number of aromatic nitrogens is 1. The number of hydrogen-bond donors (Lipinski definition) is 1. The molecule has 0 bridgehead atoms. The van der Waals surface area contributed by atoms with Gasteiger partial charge in [0, 0.05) is 22.6 Å². The highest BCUT2D eigenvalue weighted by molar-refractivity contribution is 6.30. The Bertz CT molecular complexity index is 981. The van der Waals surface area contributed by atoms with Crippen LogP contribution in [0.5, 0.6) is 0 Å². The Balaban J connectivity index is 1.92. The molecule has 1 saturated heterocycles. The van der Waals surface area contributed by atoms with Crippen LogP contribution >= 0.6 is 11.6 Å². The Hall–Kier alpha value is -2.67. The van der Waals surface area contributed by atoms with E-state index < -0.39 is 23.3 Å². The smallest absolute Gasteiger partial charge is 0.324 e. The number of carbonyl (C=O) groups is 3. The van der Waals surface area contributed by atoms with Crippen LogP contribution in [0.2, 0.25) is 5.02 Å². The van der Waals surface area contributed by atoms with Crippen LogP contribution in [0, 0.1) is 19.7 Å². The Labute approximate surface area is 160 Å². The normalized spacial score (nSPS) is 16.0. The number of urea groups is 1. The summed E-state index contributed by atoms with van der Waals surface area (Å²) in [4.78, 5) is 38.0. The first kappa shape index (κ1) is 19.1. The van der Waals surface area contributed by atoms with Crippen molar-refractivity contribution in [1.29, 1.82) is 0 Å². The Morgan fingerprint density at radius 3 is 2.44 bits per heavy atom. The van der Waals surface area contributed by atoms with Crippen molar-refractivity contribution >= 4 is 29.3 Å². The molecular formula is C19H19ClFN3O3. The Morgan fingerprint density at radius 2 is 1.89 bits per heavy atom. The first-order valence-electron chi connectivity index (χ1n) is 8.34. The van der Waals surface area contributed by atoms with Crippen LogP contribution in [-0.2, 0) is 4.79 Å². The maximum atomic E-state index is 13.4. The molecule has 1 fully saturated rings. The molecule has 1 aliphatic rings. The lowest BCUT2D eigenvalue weighted by Gasteiger charge is -2.15. The summed E-state index contributed by atoms with van der Waals surface area (Å²) < 4.78 is 15.2. The number of carbonyl (C=O) groups excluding carboxylic acids is 3. The van der Waals surface area contributed by atoms with Gasteiger partial charge in [-0.2, -0.15) is 0 Å². The monoisotopic (exact) mass is 391 g/mol. The molecule has 0 spiro atoms. The van der Waals surface area contributed by atoms with E-state index in [1.807, 2.05) is 0 Å². The second-order valence-corrected chi connectivity index (χ2v) is 7.50. The van der Waals surface area contributed by atoms with E-state index in [9.17, 15) is 18.8 Å². The number of halogens is 2. The summed E-state index contributed by atoms with van der Waals surface area (Å²) >= 11 is 5.87. The number of imide groups is 1. The van der Waals surface area contributed by atoms with Crippen molar-refractivity contribution in [2.24, 2.45) is 0 Å². The van der Waals surface area contributed by atoms with Crippen LogP contribution in [0.15, 0.2) is 24.3 Å². The van der Waals surface area contributed by atoms with E-state index in [1.54, 1.807) is 44.4 Å². The topological polar surface area (TPSA) is 71.4 Å². The van der Waals surface area contributed by atoms with Crippen LogP contribution in [-0.4, -0.2) is 39.3 Å². The third-order valence-corrected chi connectivity index (χ3v) is 4.93. The lowest BCUT2D eigenvalue weighted by molar-refractivity contribution is -0.129. The molecule has 1 aliphatic heterocycles. The number of nitrogens with zero attached hydrogens (tertiary/aromatic N) is 2. The van der Waals surface area contributed by atoms with Gasteiger partial charge in [0.25, 0.3) is 5.91 Å². The van der Waals surface area contributed by atoms with Crippen LogP contribution in [0.3, 0.4) is 0 Å². The molecule has 8 heteroatoms. The number of aryl methyl sites for hydroxylation is 1. The molecular weight excluding hydrogens is 373 g/mol. The van der Waals surface area contributed by atoms with Crippen LogP contribution in [0.1, 0.15) is 35.6 Å². The van der Waals surface area contributed by atoms with E-state index in [4.69, 9.17) is 11.6 Å². The second-order valence-electron chi connectivity index (χ2n) is 7.09. The van der Waals surface area contributed by atoms with Gasteiger partial charge in [0.15, 0.2) is 5.78 Å². The van der Waals surface area contributed by atoms with Gasteiger partial charge in [0.1, 0.15) is 11.4 Å². The zero-order valence-electron chi connectivity index (χ0n) is 15.4. The fourth-order valence-electron chi connectivity index (χ4n) is 3.26. The molecule has 2 heterocycles. The molecule has 1 aromatic heterocycles. The predicted molar refractivity (Wildman–Crippen MR) is 98.9 cm³/mol. The average Bonchev–Trinajstić information content (AvgIpc) is 2.97. The van der Waals surface area contributed by atoms with Crippen LogP contribution in [0.4, 0.5) is 9.18 Å². The van der Waals surface area contributed by atoms with Gasteiger partial charge >= 0.3 is 6.03 Å². The summed E-state index contributed by atoms with van der Waals surface area (Å²) in [5.41, 5.74) is 1.34. The number of nitrogens with one attached hydrogen (secondary N) is 1. The number of benzene rings is 1. The Kier molecular flexibility index (Phi) is 4.59. The van der Waals surface area contributed by atoms with Gasteiger partial charge in [-0.3, -0.25) is 14.5 Å². The fourth-order valence-corrected chi connectivity index (χ4v) is 3.43. The zero-order valence-corrected chi connectivity index (χ0v) is 16.1. The number of ketones is 1. The Morgan fingerprint density at radius 1 is 1.22 bits per heavy atom. The van der Waals surface area contributed by atoms with Gasteiger partial charge in [-0.05, 0) is 52.0 Å². The highest BCUT2D eigenvalue weighted by Crippen LogP contribution is 2.25. The quantitative estimate of drug-likeness (QED) is 0.641. The predicted octanol–water partition coefficient (Wildman–Crippen LogP) is 3.40. The number of rotatable bonds is 4. The van der Waals surface area contributed by atoms with Crippen molar-refractivity contribution in [3.63, 3.8) is 0 Å². The molecule has 3 amide bonds. The van der Waals surface area contributed by atoms with E-state index in [0.29, 0.717) is 16.9 Å². The molecule has 0 aliphatic carbocycles. The van der Waals surface area contributed by atoms with Crippen molar-refractivity contribution in [3.05, 3.63) is 52.1 Å². The van der Waals surface area contributed by atoms with E-state index in [2.05, 4.69) is 5.32 Å². The SMILES string of the molecule is Cc1cc(C(=O)CN2C(=O)NC(C)(C)C2=O)c(C)n1-c1ccc(F)c(Cl)c1. The van der Waals surface area contributed by atoms with Crippen LogP contribution < -0.4 is 5.32 Å². The molecule has 0 unspecified atom stereocenters. The summed E-state index contributed by atoms with van der Waals surface area (Å²) in [5, 5.41) is 2.53. The van der Waals surface area contributed by atoms with Gasteiger partial charge in [-0.25, -0.2) is 9.18 Å². The highest BCUT2D eigenvalue weighted by atomic mass is 35.5. The first-order chi connectivity index (χ1) is 12.5. The highest BCUT2D eigenvalue weighted by Gasteiger charge is 2.45. The zero-order chi connectivity index (χ0) is 20.1. The van der Waals surface area contributed by atoms with Crippen molar-refractivity contribution in [2.45, 2.75) is 33.2 Å². The van der Waals surface area contributed by atoms with Crippen molar-refractivity contribution < 1.29 is 18.8 Å². The van der Waals surface area contributed by atoms with Crippen molar-refractivity contribution in [3.8, 4) is 5.69 Å². The van der Waals surface area contributed by atoms with Crippen molar-refractivity contribution in [2.75, 3.05) is 6.54 Å². The minimum atomic E-state index is -1.03. The summed E-state index contributed by atoms with van der Waals surface area (Å²) in [6, 6.07) is 5.39. The molecule has 6 nitrogen and oxygen atoms in total. The maximum absolute atomic E-state index is 13.4. The summed E-state index contributed by atoms with van der Waals surface area (Å²) in [6.07, 6.45) is 0. The van der Waals surface area contributed by atoms with E-state index >= 15 is 0 Å². The largest absolute Gasteiger partial charge is 0.325 e. The van der Waals surface area contributed by atoms with E-state index in [1.165, 1.54) is 12.1 Å². The molecule has 27 heavy (non-hydrogen) atoms. The lowest BCUT2D eigenvalue weighted by Crippen LogP contribution is -2.41. The van der Waals surface area contributed by atoms with Crippen LogP contribution in [0.25, 0.3) is 5.69 Å². The number of Topliss-reactive ketones (excluding diaryl/α,β-unsaturated/α-hetero) is 1. The van der Waals surface area contributed by atoms with Gasteiger partial charge in [-0.15, -0.1) is 0 Å².